The minimum Gasteiger partial charge on any atom is -0.298 e. The summed E-state index contributed by atoms with van der Waals surface area (Å²) in [6, 6.07) is 11.9. The SMILES string of the molecule is O=C(C1CCC1)n1c2cncc(c2)c2ccc3[nH][nH]c(c4nc5nccc(c6ccc1s6)c5n4)-c3n2. The number of carbonyl (C=O) groups excluding carboxylic acids is 1. The van der Waals surface area contributed by atoms with Crippen LogP contribution in [-0.2, 0) is 0 Å². The molecule has 10 heteroatoms. The average Bonchev–Trinajstić information content (AvgIpc) is 3.60. The fraction of sp³-hybridized carbons (Fsp3) is 0.154. The minimum atomic E-state index is 0.0323. The van der Waals surface area contributed by atoms with Crippen molar-refractivity contribution in [1.82, 2.24) is 39.7 Å². The lowest BCUT2D eigenvalue weighted by atomic mass is 9.84. The van der Waals surface area contributed by atoms with Crippen LogP contribution in [0, 0.1) is 5.92 Å². The standard InChI is InChI=1S/C26H18N8OS/c35-26(13-2-1-3-13)34-15-10-14(11-27-12-15)17-4-5-18-22(29-17)23(33-32-18)25-30-21-16(8-9-28-24(21)31-25)19-6-7-20(34)36-19/h4-13,32-33H,1-3H2. The number of nitrogens with one attached hydrogen (secondary N) is 2. The topological polar surface area (TPSA) is 118 Å². The molecule has 8 bridgehead atoms. The van der Waals surface area contributed by atoms with E-state index < -0.39 is 0 Å². The lowest BCUT2D eigenvalue weighted by Crippen LogP contribution is -2.27. The maximum Gasteiger partial charge on any atom is 0.235 e. The first kappa shape index (κ1) is 19.8. The van der Waals surface area contributed by atoms with Crippen LogP contribution >= 0.6 is 11.3 Å². The molecular formula is C26H18N8OS. The van der Waals surface area contributed by atoms with Crippen LogP contribution < -0.4 is 0 Å². The van der Waals surface area contributed by atoms with Gasteiger partial charge in [0.25, 0.3) is 0 Å². The van der Waals surface area contributed by atoms with Gasteiger partial charge in [-0.05, 0) is 49.2 Å². The van der Waals surface area contributed by atoms with Crippen LogP contribution in [0.4, 0.5) is 0 Å². The predicted octanol–water partition coefficient (Wildman–Crippen LogP) is 5.62. The number of hydrogen-bond donors (Lipinski definition) is 2. The van der Waals surface area contributed by atoms with Gasteiger partial charge in [-0.2, -0.15) is 0 Å². The summed E-state index contributed by atoms with van der Waals surface area (Å²) in [5, 5.41) is 8.11. The van der Waals surface area contributed by atoms with Crippen LogP contribution in [0.5, 0.6) is 0 Å². The van der Waals surface area contributed by atoms with Gasteiger partial charge < -0.3 is 0 Å². The first-order valence-electron chi connectivity index (χ1n) is 11.8. The quantitative estimate of drug-likeness (QED) is 0.309. The molecule has 1 saturated carbocycles. The molecule has 0 amide bonds. The smallest absolute Gasteiger partial charge is 0.235 e. The number of imidazole rings is 1. The third kappa shape index (κ3) is 2.81. The van der Waals surface area contributed by atoms with Crippen LogP contribution in [0.1, 0.15) is 24.1 Å². The molecule has 5 aromatic heterocycles. The number of thiophene rings is 1. The molecule has 0 unspecified atom stereocenters. The second kappa shape index (κ2) is 7.28. The summed E-state index contributed by atoms with van der Waals surface area (Å²) < 4.78 is 2.82. The Balaban J connectivity index is 1.59. The Morgan fingerprint density at radius 1 is 1.00 bits per heavy atom. The highest BCUT2D eigenvalue weighted by Gasteiger charge is 2.27. The molecule has 174 valence electrons. The Bertz CT molecular complexity index is 2020. The van der Waals surface area contributed by atoms with Gasteiger partial charge in [0.05, 0.1) is 22.7 Å². The Labute approximate surface area is 206 Å². The highest BCUT2D eigenvalue weighted by molar-refractivity contribution is 7.24. The van der Waals surface area contributed by atoms with Gasteiger partial charge in [-0.15, -0.1) is 11.3 Å². The molecule has 0 spiro atoms. The molecule has 36 heavy (non-hydrogen) atoms. The summed E-state index contributed by atoms with van der Waals surface area (Å²) in [5.74, 6) is 0.143. The van der Waals surface area contributed by atoms with E-state index in [1.807, 2.05) is 41.0 Å². The molecule has 7 heterocycles. The average molecular weight is 491 g/mol. The van der Waals surface area contributed by atoms with Crippen LogP contribution in [0.3, 0.4) is 0 Å². The summed E-state index contributed by atoms with van der Waals surface area (Å²) in [4.78, 5) is 38.0. The number of pyridine rings is 3. The number of carbonyl (C=O) groups is 1. The number of aromatic amines is 2. The zero-order chi connectivity index (χ0) is 23.8. The fourth-order valence-corrected chi connectivity index (χ4v) is 5.98. The normalized spacial score (nSPS) is 14.3. The van der Waals surface area contributed by atoms with E-state index in [1.165, 1.54) is 0 Å². The molecular weight excluding hydrogens is 472 g/mol. The van der Waals surface area contributed by atoms with Crippen molar-refractivity contribution in [2.24, 2.45) is 5.92 Å². The zero-order valence-electron chi connectivity index (χ0n) is 18.9. The van der Waals surface area contributed by atoms with Gasteiger partial charge in [-0.3, -0.25) is 24.5 Å². The molecule has 0 radical (unpaired) electrons. The highest BCUT2D eigenvalue weighted by Crippen LogP contribution is 2.33. The van der Waals surface area contributed by atoms with Crippen LogP contribution in [0.2, 0.25) is 0 Å². The lowest BCUT2D eigenvalue weighted by molar-refractivity contribution is 0.0776. The third-order valence-corrected chi connectivity index (χ3v) is 8.15. The molecule has 1 aliphatic carbocycles. The molecule has 1 fully saturated rings. The van der Waals surface area contributed by atoms with Crippen molar-refractivity contribution in [2.75, 3.05) is 0 Å². The molecule has 5 aromatic rings. The van der Waals surface area contributed by atoms with Crippen LogP contribution in [0.25, 0.3) is 65.1 Å². The lowest BCUT2D eigenvalue weighted by Gasteiger charge is -2.24. The Kier molecular flexibility index (Phi) is 4.01. The van der Waals surface area contributed by atoms with Gasteiger partial charge in [-0.25, -0.2) is 19.9 Å². The van der Waals surface area contributed by atoms with Crippen molar-refractivity contribution < 1.29 is 4.79 Å². The summed E-state index contributed by atoms with van der Waals surface area (Å²) in [6.45, 7) is 0. The van der Waals surface area contributed by atoms with Gasteiger partial charge >= 0.3 is 0 Å². The largest absolute Gasteiger partial charge is 0.298 e. The van der Waals surface area contributed by atoms with E-state index in [-0.39, 0.29) is 11.8 Å². The number of hydrogen-bond acceptors (Lipinski definition) is 7. The number of H-pyrrole nitrogens is 2. The van der Waals surface area contributed by atoms with E-state index in [4.69, 9.17) is 15.0 Å². The molecule has 0 atom stereocenters. The molecule has 0 aromatic carbocycles. The van der Waals surface area contributed by atoms with Gasteiger partial charge in [0.15, 0.2) is 11.3 Å². The van der Waals surface area contributed by atoms with Crippen LogP contribution in [0.15, 0.2) is 55.0 Å². The maximum atomic E-state index is 13.7. The maximum absolute atomic E-state index is 13.7. The van der Waals surface area contributed by atoms with Crippen molar-refractivity contribution in [2.45, 2.75) is 19.3 Å². The van der Waals surface area contributed by atoms with E-state index in [9.17, 15) is 4.79 Å². The van der Waals surface area contributed by atoms with Crippen molar-refractivity contribution in [3.8, 4) is 11.4 Å². The summed E-state index contributed by atoms with van der Waals surface area (Å²) in [6.07, 6.45) is 8.21. The molecule has 3 aliphatic rings. The molecule has 2 N–H and O–H groups in total. The van der Waals surface area contributed by atoms with E-state index in [2.05, 4.69) is 20.2 Å². The van der Waals surface area contributed by atoms with Crippen molar-refractivity contribution >= 4 is 70.9 Å². The summed E-state index contributed by atoms with van der Waals surface area (Å²) in [7, 11) is 0. The van der Waals surface area contributed by atoms with Gasteiger partial charge in [0, 0.05) is 33.8 Å². The molecule has 2 aliphatic heterocycles. The van der Waals surface area contributed by atoms with Gasteiger partial charge in [0.2, 0.25) is 5.91 Å². The van der Waals surface area contributed by atoms with E-state index in [0.717, 1.165) is 61.8 Å². The minimum absolute atomic E-state index is 0.0323. The molecule has 9 nitrogen and oxygen atoms in total. The highest BCUT2D eigenvalue weighted by atomic mass is 32.1. The Morgan fingerprint density at radius 2 is 1.94 bits per heavy atom. The van der Waals surface area contributed by atoms with E-state index in [0.29, 0.717) is 22.5 Å². The number of rotatable bonds is 1. The van der Waals surface area contributed by atoms with Crippen molar-refractivity contribution in [3.05, 3.63) is 55.0 Å². The molecule has 8 rings (SSSR count). The number of aromatic nitrogens is 8. The van der Waals surface area contributed by atoms with Crippen molar-refractivity contribution in [3.63, 3.8) is 0 Å². The summed E-state index contributed by atoms with van der Waals surface area (Å²) >= 11 is 1.56. The first-order valence-corrected chi connectivity index (χ1v) is 12.6. The van der Waals surface area contributed by atoms with Crippen molar-refractivity contribution in [1.29, 1.82) is 0 Å². The fourth-order valence-electron chi connectivity index (χ4n) is 4.92. The number of nitrogens with zero attached hydrogens (tertiary/aromatic N) is 6. The van der Waals surface area contributed by atoms with E-state index in [1.54, 1.807) is 29.9 Å². The second-order valence-corrected chi connectivity index (χ2v) is 10.2. The summed E-state index contributed by atoms with van der Waals surface area (Å²) in [5.41, 5.74) is 5.57. The monoisotopic (exact) mass is 490 g/mol. The van der Waals surface area contributed by atoms with Gasteiger partial charge in [-0.1, -0.05) is 6.42 Å². The Morgan fingerprint density at radius 3 is 2.83 bits per heavy atom. The second-order valence-electron chi connectivity index (χ2n) is 9.17. The van der Waals surface area contributed by atoms with Crippen LogP contribution in [-0.4, -0.2) is 45.6 Å². The predicted molar refractivity (Wildman–Crippen MR) is 140 cm³/mol. The van der Waals surface area contributed by atoms with Gasteiger partial charge in [0.1, 0.15) is 21.7 Å². The Hall–Kier alpha value is -4.44. The molecule has 0 saturated heterocycles. The third-order valence-electron chi connectivity index (χ3n) is 7.04. The first-order chi connectivity index (χ1) is 17.7. The zero-order valence-corrected chi connectivity index (χ0v) is 19.7. The van der Waals surface area contributed by atoms with E-state index >= 15 is 0 Å². The number of fused-ring (bicyclic) bond motifs is 9.